The Morgan fingerprint density at radius 3 is 2.65 bits per heavy atom. The monoisotopic (exact) mass is 471 g/mol. The molecule has 2 aliphatic rings. The predicted octanol–water partition coefficient (Wildman–Crippen LogP) is 4.85. The molecule has 2 fully saturated rings. The van der Waals surface area contributed by atoms with Crippen molar-refractivity contribution in [2.45, 2.75) is 43.2 Å². The summed E-state index contributed by atoms with van der Waals surface area (Å²) in [6.45, 7) is 5.63. The number of nitrogens with one attached hydrogen (secondary N) is 2. The average Bonchev–Trinajstić information content (AvgIpc) is 3.20. The van der Waals surface area contributed by atoms with Crippen LogP contribution in [-0.4, -0.2) is 50.3 Å². The van der Waals surface area contributed by atoms with Gasteiger partial charge in [-0.05, 0) is 62.1 Å². The molecule has 3 unspecified atom stereocenters. The highest BCUT2D eigenvalue weighted by atomic mass is 19.2. The quantitative estimate of drug-likeness (QED) is 0.567. The maximum absolute atomic E-state index is 13.5. The van der Waals surface area contributed by atoms with E-state index in [-0.39, 0.29) is 23.2 Å². The number of methoxy groups -OCH3 is 2. The van der Waals surface area contributed by atoms with E-state index in [4.69, 9.17) is 9.47 Å². The lowest BCUT2D eigenvalue weighted by Gasteiger charge is -2.45. The van der Waals surface area contributed by atoms with Crippen LogP contribution in [0.5, 0.6) is 11.5 Å². The summed E-state index contributed by atoms with van der Waals surface area (Å²) in [5.74, 6) is -0.541. The molecule has 1 heterocycles. The van der Waals surface area contributed by atoms with Crippen LogP contribution < -0.4 is 20.1 Å². The summed E-state index contributed by atoms with van der Waals surface area (Å²) >= 11 is 0. The number of likely N-dealkylation sites (tertiary alicyclic amines) is 1. The first kappa shape index (κ1) is 24.0. The number of hydrogen-bond acceptors (Lipinski definition) is 4. The number of anilines is 1. The van der Waals surface area contributed by atoms with Crippen LogP contribution in [-0.2, 0) is 5.41 Å². The van der Waals surface area contributed by atoms with Crippen LogP contribution >= 0.6 is 0 Å². The van der Waals surface area contributed by atoms with Crippen LogP contribution in [0, 0.1) is 11.6 Å². The van der Waals surface area contributed by atoms with E-state index in [1.807, 2.05) is 12.1 Å². The Hall–Kier alpha value is -3.13. The average molecular weight is 472 g/mol. The highest BCUT2D eigenvalue weighted by molar-refractivity contribution is 5.89. The van der Waals surface area contributed by atoms with Gasteiger partial charge >= 0.3 is 6.03 Å². The van der Waals surface area contributed by atoms with Crippen molar-refractivity contribution in [3.05, 3.63) is 66.3 Å². The standard InChI is InChI=1S/C26H31F2N3O3/c1-4-12-31-13-11-26(17-5-8-22(33-2)23(14-17)34-3)10-9-19(16-24(26)31)30-25(32)29-18-6-7-20(27)21(28)15-18/h4-8,14-15,19,24H,1,9-13,16H2,2-3H3,(H2,29,30,32). The number of halogens is 2. The fraction of sp³-hybridized carbons (Fsp3) is 0.423. The van der Waals surface area contributed by atoms with Gasteiger partial charge in [-0.15, -0.1) is 6.58 Å². The van der Waals surface area contributed by atoms with Crippen LogP contribution in [0.1, 0.15) is 31.2 Å². The fourth-order valence-electron chi connectivity index (χ4n) is 5.57. The number of carbonyl (C=O) groups is 1. The number of amides is 2. The fourth-order valence-corrected chi connectivity index (χ4v) is 5.57. The van der Waals surface area contributed by atoms with E-state index in [1.54, 1.807) is 14.2 Å². The predicted molar refractivity (Wildman–Crippen MR) is 128 cm³/mol. The third kappa shape index (κ3) is 4.59. The molecular weight excluding hydrogens is 440 g/mol. The van der Waals surface area contributed by atoms with E-state index in [0.29, 0.717) is 11.5 Å². The molecule has 2 amide bonds. The van der Waals surface area contributed by atoms with Gasteiger partial charge in [0.2, 0.25) is 0 Å². The van der Waals surface area contributed by atoms with Gasteiger partial charge in [-0.3, -0.25) is 4.90 Å². The van der Waals surface area contributed by atoms with Crippen molar-refractivity contribution < 1.29 is 23.0 Å². The van der Waals surface area contributed by atoms with Crippen LogP contribution in [0.4, 0.5) is 19.3 Å². The molecule has 0 bridgehead atoms. The lowest BCUT2D eigenvalue weighted by molar-refractivity contribution is 0.145. The Morgan fingerprint density at radius 1 is 1.15 bits per heavy atom. The Morgan fingerprint density at radius 2 is 1.94 bits per heavy atom. The highest BCUT2D eigenvalue weighted by Crippen LogP contribution is 2.50. The molecule has 34 heavy (non-hydrogen) atoms. The van der Waals surface area contributed by atoms with E-state index in [0.717, 1.165) is 50.9 Å². The van der Waals surface area contributed by atoms with E-state index < -0.39 is 17.7 Å². The molecule has 182 valence electrons. The van der Waals surface area contributed by atoms with Crippen molar-refractivity contribution in [2.24, 2.45) is 0 Å². The number of carbonyl (C=O) groups excluding carboxylic acids is 1. The van der Waals surface area contributed by atoms with Gasteiger partial charge in [-0.1, -0.05) is 12.1 Å². The molecule has 1 saturated carbocycles. The van der Waals surface area contributed by atoms with E-state index >= 15 is 0 Å². The highest BCUT2D eigenvalue weighted by Gasteiger charge is 2.51. The van der Waals surface area contributed by atoms with Crippen molar-refractivity contribution in [3.8, 4) is 11.5 Å². The molecular formula is C26H31F2N3O3. The van der Waals surface area contributed by atoms with Gasteiger partial charge in [-0.25, -0.2) is 13.6 Å². The summed E-state index contributed by atoms with van der Waals surface area (Å²) in [6.07, 6.45) is 5.40. The zero-order chi connectivity index (χ0) is 24.3. The first-order valence-electron chi connectivity index (χ1n) is 11.5. The number of hydrogen-bond donors (Lipinski definition) is 2. The summed E-state index contributed by atoms with van der Waals surface area (Å²) < 4.78 is 37.6. The molecule has 1 aliphatic carbocycles. The molecule has 6 nitrogen and oxygen atoms in total. The van der Waals surface area contributed by atoms with Gasteiger partial charge in [0.15, 0.2) is 23.1 Å². The molecule has 0 radical (unpaired) electrons. The van der Waals surface area contributed by atoms with E-state index in [1.165, 1.54) is 11.6 Å². The Balaban J connectivity index is 1.52. The number of urea groups is 1. The minimum absolute atomic E-state index is 0.0472. The lowest BCUT2D eigenvalue weighted by atomic mass is 9.65. The second-order valence-electron chi connectivity index (χ2n) is 8.97. The normalized spacial score (nSPS) is 24.2. The molecule has 4 rings (SSSR count). The summed E-state index contributed by atoms with van der Waals surface area (Å²) in [4.78, 5) is 15.0. The summed E-state index contributed by atoms with van der Waals surface area (Å²) in [5.41, 5.74) is 1.37. The maximum atomic E-state index is 13.5. The number of nitrogens with zero attached hydrogens (tertiary/aromatic N) is 1. The second kappa shape index (κ2) is 10.0. The molecule has 0 spiro atoms. The smallest absolute Gasteiger partial charge is 0.319 e. The minimum Gasteiger partial charge on any atom is -0.493 e. The third-order valence-corrected chi connectivity index (χ3v) is 7.21. The molecule has 2 aromatic rings. The first-order chi connectivity index (χ1) is 16.4. The summed E-state index contributed by atoms with van der Waals surface area (Å²) in [7, 11) is 3.27. The first-order valence-corrected chi connectivity index (χ1v) is 11.5. The summed E-state index contributed by atoms with van der Waals surface area (Å²) in [5, 5.41) is 5.63. The molecule has 1 aliphatic heterocycles. The Bertz CT molecular complexity index is 1060. The van der Waals surface area contributed by atoms with Gasteiger partial charge in [0.25, 0.3) is 0 Å². The second-order valence-corrected chi connectivity index (χ2v) is 8.97. The lowest BCUT2D eigenvalue weighted by Crippen LogP contribution is -2.53. The Labute approximate surface area is 198 Å². The zero-order valence-corrected chi connectivity index (χ0v) is 19.6. The topological polar surface area (TPSA) is 62.8 Å². The summed E-state index contributed by atoms with van der Waals surface area (Å²) in [6, 6.07) is 9.19. The maximum Gasteiger partial charge on any atom is 0.319 e. The molecule has 0 aromatic heterocycles. The van der Waals surface area contributed by atoms with Crippen LogP contribution in [0.15, 0.2) is 49.1 Å². The zero-order valence-electron chi connectivity index (χ0n) is 19.6. The van der Waals surface area contributed by atoms with Crippen LogP contribution in [0.2, 0.25) is 0 Å². The molecule has 3 atom stereocenters. The van der Waals surface area contributed by atoms with Gasteiger partial charge < -0.3 is 20.1 Å². The van der Waals surface area contributed by atoms with Crippen LogP contribution in [0.3, 0.4) is 0 Å². The SMILES string of the molecule is C=CCN1CCC2(c3ccc(OC)c(OC)c3)CCC(NC(=O)Nc3ccc(F)c(F)c3)CC12. The molecule has 2 N–H and O–H groups in total. The van der Waals surface area contributed by atoms with Gasteiger partial charge in [-0.2, -0.15) is 0 Å². The van der Waals surface area contributed by atoms with Gasteiger partial charge in [0.05, 0.1) is 14.2 Å². The van der Waals surface area contributed by atoms with Crippen molar-refractivity contribution in [2.75, 3.05) is 32.6 Å². The van der Waals surface area contributed by atoms with Crippen molar-refractivity contribution in [1.82, 2.24) is 10.2 Å². The number of ether oxygens (including phenoxy) is 2. The van der Waals surface area contributed by atoms with Gasteiger partial charge in [0.1, 0.15) is 0 Å². The van der Waals surface area contributed by atoms with Crippen LogP contribution in [0.25, 0.3) is 0 Å². The van der Waals surface area contributed by atoms with Crippen molar-refractivity contribution >= 4 is 11.7 Å². The third-order valence-electron chi connectivity index (χ3n) is 7.21. The number of benzene rings is 2. The number of rotatable bonds is 7. The van der Waals surface area contributed by atoms with Crippen molar-refractivity contribution in [3.63, 3.8) is 0 Å². The molecule has 1 saturated heterocycles. The van der Waals surface area contributed by atoms with Crippen molar-refractivity contribution in [1.29, 1.82) is 0 Å². The van der Waals surface area contributed by atoms with Gasteiger partial charge in [0, 0.05) is 35.8 Å². The largest absolute Gasteiger partial charge is 0.493 e. The number of fused-ring (bicyclic) bond motifs is 1. The molecule has 2 aromatic carbocycles. The minimum atomic E-state index is -0.999. The van der Waals surface area contributed by atoms with E-state index in [9.17, 15) is 13.6 Å². The molecule has 8 heteroatoms. The van der Waals surface area contributed by atoms with E-state index in [2.05, 4.69) is 34.2 Å². The Kier molecular flexibility index (Phi) is 7.07.